The normalized spacial score (nSPS) is 17.6. The van der Waals surface area contributed by atoms with Gasteiger partial charge in [-0.25, -0.2) is 4.68 Å². The molecule has 1 amide bonds. The summed E-state index contributed by atoms with van der Waals surface area (Å²) in [5.74, 6) is -0.179. The lowest BCUT2D eigenvalue weighted by Gasteiger charge is -2.35. The van der Waals surface area contributed by atoms with Crippen molar-refractivity contribution in [2.75, 3.05) is 19.6 Å². The quantitative estimate of drug-likeness (QED) is 0.588. The summed E-state index contributed by atoms with van der Waals surface area (Å²) in [6, 6.07) is 6.69. The van der Waals surface area contributed by atoms with Crippen LogP contribution in [-0.4, -0.2) is 51.2 Å². The summed E-state index contributed by atoms with van der Waals surface area (Å²) in [7, 11) is 0. The third-order valence-corrected chi connectivity index (χ3v) is 6.23. The molecule has 2 aromatic heterocycles. The minimum atomic E-state index is -0.268. The zero-order valence-electron chi connectivity index (χ0n) is 17.9. The van der Waals surface area contributed by atoms with Gasteiger partial charge in [0.2, 0.25) is 5.91 Å². The number of aryl methyl sites for hydroxylation is 1. The molecular weight excluding hydrogens is 378 g/mol. The fourth-order valence-electron chi connectivity index (χ4n) is 4.57. The minimum Gasteiger partial charge on any atom is -0.354 e. The van der Waals surface area contributed by atoms with Gasteiger partial charge in [-0.05, 0) is 51.3 Å². The number of piperidine rings is 1. The van der Waals surface area contributed by atoms with Crippen molar-refractivity contribution in [3.8, 4) is 0 Å². The van der Waals surface area contributed by atoms with E-state index in [-0.39, 0.29) is 18.0 Å². The van der Waals surface area contributed by atoms with Gasteiger partial charge in [-0.3, -0.25) is 9.59 Å². The molecule has 0 aliphatic carbocycles. The zero-order chi connectivity index (χ0) is 21.1. The molecule has 30 heavy (non-hydrogen) atoms. The van der Waals surface area contributed by atoms with Crippen LogP contribution in [0.1, 0.15) is 44.6 Å². The van der Waals surface area contributed by atoms with Crippen LogP contribution in [0.5, 0.6) is 0 Å². The van der Waals surface area contributed by atoms with Gasteiger partial charge in [-0.15, -0.1) is 0 Å². The molecule has 0 bridgehead atoms. The third kappa shape index (κ3) is 4.26. The van der Waals surface area contributed by atoms with Crippen LogP contribution in [0.2, 0.25) is 0 Å². The maximum Gasteiger partial charge on any atom is 0.291 e. The van der Waals surface area contributed by atoms with Crippen molar-refractivity contribution in [2.24, 2.45) is 0 Å². The largest absolute Gasteiger partial charge is 0.354 e. The highest BCUT2D eigenvalue weighted by atomic mass is 16.2. The zero-order valence-corrected chi connectivity index (χ0v) is 17.9. The van der Waals surface area contributed by atoms with Crippen LogP contribution in [0.15, 0.2) is 29.2 Å². The first-order valence-electron chi connectivity index (χ1n) is 11.1. The van der Waals surface area contributed by atoms with Crippen molar-refractivity contribution in [3.63, 3.8) is 0 Å². The fourth-order valence-corrected chi connectivity index (χ4v) is 4.57. The molecule has 2 N–H and O–H groups in total. The Balaban J connectivity index is 1.35. The van der Waals surface area contributed by atoms with Gasteiger partial charge in [0.25, 0.3) is 5.56 Å². The van der Waals surface area contributed by atoms with Crippen molar-refractivity contribution in [3.05, 3.63) is 40.3 Å². The van der Waals surface area contributed by atoms with Crippen molar-refractivity contribution < 1.29 is 4.79 Å². The number of aromatic nitrogens is 3. The topological polar surface area (TPSA) is 83.0 Å². The summed E-state index contributed by atoms with van der Waals surface area (Å²) in [6.07, 6.45) is 7.67. The first-order valence-corrected chi connectivity index (χ1v) is 11.1. The molecule has 3 aromatic rings. The van der Waals surface area contributed by atoms with E-state index in [9.17, 15) is 9.59 Å². The van der Waals surface area contributed by atoms with E-state index in [1.807, 2.05) is 25.1 Å². The number of hydrogen-bond donors (Lipinski definition) is 2. The number of nitrogens with one attached hydrogen (secondary N) is 2. The summed E-state index contributed by atoms with van der Waals surface area (Å²) in [4.78, 5) is 30.9. The standard InChI is InChI=1S/C23H31N5O2/c1-3-17-7-4-5-11-27(17)12-6-10-24-21(29)15-28-23(30)22-19(14-25-28)18-13-16(2)8-9-20(18)26-22/h8-9,13-14,17,26H,3-7,10-12,15H2,1-2H3,(H,24,29)/t17-/m1/s1. The molecule has 1 fully saturated rings. The van der Waals surface area contributed by atoms with Crippen molar-refractivity contribution >= 4 is 27.7 Å². The average molecular weight is 410 g/mol. The predicted octanol–water partition coefficient (Wildman–Crippen LogP) is 2.96. The number of carbonyl (C=O) groups is 1. The number of H-pyrrole nitrogens is 1. The number of carbonyl (C=O) groups excluding carboxylic acids is 1. The van der Waals surface area contributed by atoms with Crippen LogP contribution in [-0.2, 0) is 11.3 Å². The van der Waals surface area contributed by atoms with E-state index >= 15 is 0 Å². The molecule has 0 radical (unpaired) electrons. The smallest absolute Gasteiger partial charge is 0.291 e. The lowest BCUT2D eigenvalue weighted by atomic mass is 10.00. The molecule has 4 rings (SSSR count). The highest BCUT2D eigenvalue weighted by Gasteiger charge is 2.20. The van der Waals surface area contributed by atoms with Gasteiger partial charge in [0.1, 0.15) is 12.1 Å². The summed E-state index contributed by atoms with van der Waals surface area (Å²) >= 11 is 0. The van der Waals surface area contributed by atoms with Crippen LogP contribution in [0, 0.1) is 6.92 Å². The van der Waals surface area contributed by atoms with E-state index in [1.54, 1.807) is 6.20 Å². The third-order valence-electron chi connectivity index (χ3n) is 6.23. The van der Waals surface area contributed by atoms with Crippen molar-refractivity contribution in [1.29, 1.82) is 0 Å². The number of hydrogen-bond acceptors (Lipinski definition) is 4. The van der Waals surface area contributed by atoms with Crippen molar-refractivity contribution in [2.45, 2.75) is 58.5 Å². The van der Waals surface area contributed by atoms with Crippen LogP contribution in [0.4, 0.5) is 0 Å². The maximum atomic E-state index is 12.8. The summed E-state index contributed by atoms with van der Waals surface area (Å²) < 4.78 is 1.23. The van der Waals surface area contributed by atoms with Gasteiger partial charge < -0.3 is 15.2 Å². The van der Waals surface area contributed by atoms with E-state index in [1.165, 1.54) is 30.4 Å². The Morgan fingerprint density at radius 2 is 2.17 bits per heavy atom. The number of amides is 1. The highest BCUT2D eigenvalue weighted by molar-refractivity contribution is 6.06. The predicted molar refractivity (Wildman–Crippen MR) is 120 cm³/mol. The molecule has 1 aromatic carbocycles. The lowest BCUT2D eigenvalue weighted by molar-refractivity contribution is -0.121. The monoisotopic (exact) mass is 409 g/mol. The van der Waals surface area contributed by atoms with Gasteiger partial charge in [-0.2, -0.15) is 5.10 Å². The molecule has 3 heterocycles. The second kappa shape index (κ2) is 9.00. The van der Waals surface area contributed by atoms with Crippen molar-refractivity contribution in [1.82, 2.24) is 25.0 Å². The Bertz CT molecular complexity index is 1100. The van der Waals surface area contributed by atoms with E-state index in [0.29, 0.717) is 18.1 Å². The van der Waals surface area contributed by atoms with Crippen LogP contribution < -0.4 is 10.9 Å². The summed E-state index contributed by atoms with van der Waals surface area (Å²) in [6.45, 7) is 7.00. The average Bonchev–Trinajstić information content (AvgIpc) is 3.12. The first-order chi connectivity index (χ1) is 14.6. The molecule has 7 nitrogen and oxygen atoms in total. The summed E-state index contributed by atoms with van der Waals surface area (Å²) in [5, 5.41) is 8.95. The molecule has 0 spiro atoms. The molecule has 1 aliphatic heterocycles. The number of likely N-dealkylation sites (tertiary alicyclic amines) is 1. The minimum absolute atomic E-state index is 0.0650. The van der Waals surface area contributed by atoms with Gasteiger partial charge in [-0.1, -0.05) is 25.0 Å². The molecule has 1 aliphatic rings. The summed E-state index contributed by atoms with van der Waals surface area (Å²) in [5.41, 5.74) is 2.26. The Kier molecular flexibility index (Phi) is 6.18. The van der Waals surface area contributed by atoms with Crippen LogP contribution >= 0.6 is 0 Å². The Morgan fingerprint density at radius 1 is 1.30 bits per heavy atom. The first kappa shape index (κ1) is 20.6. The molecule has 1 atom stereocenters. The lowest BCUT2D eigenvalue weighted by Crippen LogP contribution is -2.41. The number of benzene rings is 1. The Labute approximate surface area is 176 Å². The molecule has 7 heteroatoms. The molecule has 0 unspecified atom stereocenters. The second-order valence-electron chi connectivity index (χ2n) is 8.37. The van der Waals surface area contributed by atoms with Crippen LogP contribution in [0.3, 0.4) is 0 Å². The fraction of sp³-hybridized carbons (Fsp3) is 0.522. The van der Waals surface area contributed by atoms with E-state index < -0.39 is 0 Å². The Hall–Kier alpha value is -2.67. The SMILES string of the molecule is CC[C@@H]1CCCCN1CCCNC(=O)Cn1ncc2c([nH]c3ccc(C)cc32)c1=O. The number of fused-ring (bicyclic) bond motifs is 3. The van der Waals surface area contributed by atoms with Crippen LogP contribution in [0.25, 0.3) is 21.8 Å². The van der Waals surface area contributed by atoms with Gasteiger partial charge in [0.05, 0.1) is 6.20 Å². The molecular formula is C23H31N5O2. The molecule has 160 valence electrons. The maximum absolute atomic E-state index is 12.8. The molecule has 0 saturated carbocycles. The number of nitrogens with zero attached hydrogens (tertiary/aromatic N) is 3. The van der Waals surface area contributed by atoms with E-state index in [2.05, 4.69) is 27.2 Å². The van der Waals surface area contributed by atoms with Gasteiger partial charge in [0, 0.05) is 35.4 Å². The highest BCUT2D eigenvalue weighted by Crippen LogP contribution is 2.23. The van der Waals surface area contributed by atoms with Gasteiger partial charge in [0.15, 0.2) is 0 Å². The van der Waals surface area contributed by atoms with E-state index in [4.69, 9.17) is 0 Å². The number of aromatic amines is 1. The second-order valence-corrected chi connectivity index (χ2v) is 8.37. The Morgan fingerprint density at radius 3 is 3.00 bits per heavy atom. The molecule has 1 saturated heterocycles. The van der Waals surface area contributed by atoms with E-state index in [0.717, 1.165) is 41.4 Å². The number of rotatable bonds is 7. The van der Waals surface area contributed by atoms with Gasteiger partial charge >= 0.3 is 0 Å².